The fourth-order valence-electron chi connectivity index (χ4n) is 4.76. The highest BCUT2D eigenvalue weighted by Gasteiger charge is 2.35. The largest absolute Gasteiger partial charge is 0.416 e. The van der Waals surface area contributed by atoms with Crippen molar-refractivity contribution in [1.29, 1.82) is 0 Å². The van der Waals surface area contributed by atoms with Gasteiger partial charge in [0.05, 0.1) is 17.2 Å². The Hall–Kier alpha value is -3.06. The molecule has 2 aromatic heterocycles. The van der Waals surface area contributed by atoms with Crippen LogP contribution >= 0.6 is 11.3 Å². The Bertz CT molecular complexity index is 1320. The van der Waals surface area contributed by atoms with Gasteiger partial charge in [0, 0.05) is 35.1 Å². The van der Waals surface area contributed by atoms with E-state index in [0.717, 1.165) is 34.8 Å². The predicted molar refractivity (Wildman–Crippen MR) is 125 cm³/mol. The van der Waals surface area contributed by atoms with E-state index in [2.05, 4.69) is 10.6 Å². The number of alkyl halides is 3. The van der Waals surface area contributed by atoms with Crippen molar-refractivity contribution in [3.05, 3.63) is 93.3 Å². The first-order valence-corrected chi connectivity index (χ1v) is 11.9. The van der Waals surface area contributed by atoms with Crippen LogP contribution in [-0.4, -0.2) is 21.9 Å². The zero-order valence-electron chi connectivity index (χ0n) is 18.1. The van der Waals surface area contributed by atoms with Gasteiger partial charge in [0.2, 0.25) is 0 Å². The van der Waals surface area contributed by atoms with E-state index in [9.17, 15) is 18.0 Å². The van der Waals surface area contributed by atoms with Crippen molar-refractivity contribution in [1.82, 2.24) is 9.47 Å². The molecule has 0 saturated carbocycles. The van der Waals surface area contributed by atoms with Crippen molar-refractivity contribution in [2.75, 3.05) is 6.54 Å². The molecular formula is C26H23F3N2OS. The Labute approximate surface area is 194 Å². The molecule has 0 saturated heterocycles. The molecule has 2 aromatic carbocycles. The lowest BCUT2D eigenvalue weighted by Gasteiger charge is -2.36. The average Bonchev–Trinajstić information content (AvgIpc) is 3.43. The molecule has 5 rings (SSSR count). The van der Waals surface area contributed by atoms with Gasteiger partial charge in [-0.1, -0.05) is 36.4 Å². The van der Waals surface area contributed by atoms with Crippen LogP contribution in [0.2, 0.25) is 0 Å². The Kier molecular flexibility index (Phi) is 5.52. The zero-order chi connectivity index (χ0) is 23.2. The van der Waals surface area contributed by atoms with Crippen molar-refractivity contribution in [2.45, 2.75) is 38.5 Å². The maximum absolute atomic E-state index is 13.8. The zero-order valence-corrected chi connectivity index (χ0v) is 18.9. The van der Waals surface area contributed by atoms with Gasteiger partial charge in [0.15, 0.2) is 0 Å². The summed E-state index contributed by atoms with van der Waals surface area (Å²) in [4.78, 5) is 16.7. The molecule has 33 heavy (non-hydrogen) atoms. The third-order valence-electron chi connectivity index (χ3n) is 6.39. The molecule has 1 unspecified atom stereocenters. The van der Waals surface area contributed by atoms with Gasteiger partial charge in [-0.3, -0.25) is 4.79 Å². The molecule has 0 N–H and O–H groups in total. The van der Waals surface area contributed by atoms with E-state index >= 15 is 0 Å². The number of para-hydroxylation sites is 1. The molecule has 170 valence electrons. The van der Waals surface area contributed by atoms with E-state index in [1.165, 1.54) is 17.7 Å². The van der Waals surface area contributed by atoms with Crippen LogP contribution in [0.3, 0.4) is 0 Å². The van der Waals surface area contributed by atoms with Crippen LogP contribution in [0.4, 0.5) is 13.2 Å². The van der Waals surface area contributed by atoms with Crippen molar-refractivity contribution >= 4 is 28.1 Å². The van der Waals surface area contributed by atoms with E-state index in [-0.39, 0.29) is 11.9 Å². The summed E-state index contributed by atoms with van der Waals surface area (Å²) in [5.41, 5.74) is 2.74. The molecule has 0 fully saturated rings. The monoisotopic (exact) mass is 468 g/mol. The first kappa shape index (κ1) is 21.8. The number of hydrogen-bond acceptors (Lipinski definition) is 2. The molecule has 1 amide bonds. The lowest BCUT2D eigenvalue weighted by Crippen LogP contribution is -2.40. The van der Waals surface area contributed by atoms with Gasteiger partial charge in [-0.25, -0.2) is 0 Å². The van der Waals surface area contributed by atoms with Crippen LogP contribution in [0.15, 0.2) is 66.2 Å². The third kappa shape index (κ3) is 3.95. The Morgan fingerprint density at radius 1 is 1.12 bits per heavy atom. The lowest BCUT2D eigenvalue weighted by molar-refractivity contribution is -0.137. The summed E-state index contributed by atoms with van der Waals surface area (Å²) in [6, 6.07) is 15.0. The molecule has 3 nitrogen and oxygen atoms in total. The van der Waals surface area contributed by atoms with Crippen LogP contribution in [0, 0.1) is 0 Å². The van der Waals surface area contributed by atoms with E-state index in [4.69, 9.17) is 0 Å². The molecule has 0 aliphatic carbocycles. The highest BCUT2D eigenvalue weighted by atomic mass is 32.1. The fraction of sp³-hybridized carbons (Fsp3) is 0.269. The standard InChI is InChI=1S/C26H23F3N2OS/c1-2-30-16-21(20-8-3-4-9-22(20)30)25(32)31-12-10-18-11-13-33-24(18)23(31)15-17-6-5-7-19(14-17)26(27,28)29/h3-9,11,13-14,16,23H,2,10,12,15H2,1H3. The normalized spacial score (nSPS) is 16.2. The summed E-state index contributed by atoms with van der Waals surface area (Å²) in [5.74, 6) is -0.0746. The van der Waals surface area contributed by atoms with Gasteiger partial charge in [0.1, 0.15) is 0 Å². The molecule has 0 bridgehead atoms. The Morgan fingerprint density at radius 2 is 1.94 bits per heavy atom. The van der Waals surface area contributed by atoms with Crippen LogP contribution in [0.5, 0.6) is 0 Å². The summed E-state index contributed by atoms with van der Waals surface area (Å²) < 4.78 is 41.9. The van der Waals surface area contributed by atoms with Crippen LogP contribution in [0.25, 0.3) is 10.9 Å². The second kappa shape index (κ2) is 8.37. The molecule has 7 heteroatoms. The van der Waals surface area contributed by atoms with E-state index < -0.39 is 11.7 Å². The minimum Gasteiger partial charge on any atom is -0.347 e. The van der Waals surface area contributed by atoms with Crippen molar-refractivity contribution in [3.8, 4) is 0 Å². The molecule has 0 spiro atoms. The summed E-state index contributed by atoms with van der Waals surface area (Å²) >= 11 is 1.57. The number of benzene rings is 2. The van der Waals surface area contributed by atoms with Gasteiger partial charge < -0.3 is 9.47 Å². The second-order valence-corrected chi connectivity index (χ2v) is 9.27. The number of hydrogen-bond donors (Lipinski definition) is 0. The molecule has 4 aromatic rings. The number of halogens is 3. The number of amides is 1. The third-order valence-corrected chi connectivity index (χ3v) is 7.45. The number of nitrogens with zero attached hydrogens (tertiary/aromatic N) is 2. The molecule has 3 heterocycles. The van der Waals surface area contributed by atoms with Gasteiger partial charge in [-0.2, -0.15) is 13.2 Å². The number of aryl methyl sites for hydroxylation is 1. The topological polar surface area (TPSA) is 25.2 Å². The Morgan fingerprint density at radius 3 is 2.73 bits per heavy atom. The molecule has 0 radical (unpaired) electrons. The van der Waals surface area contributed by atoms with Crippen molar-refractivity contribution in [2.24, 2.45) is 0 Å². The number of thiophene rings is 1. The number of rotatable bonds is 4. The minimum absolute atomic E-state index is 0.0746. The van der Waals surface area contributed by atoms with Gasteiger partial charge in [0.25, 0.3) is 5.91 Å². The van der Waals surface area contributed by atoms with Crippen LogP contribution < -0.4 is 0 Å². The van der Waals surface area contributed by atoms with Crippen molar-refractivity contribution < 1.29 is 18.0 Å². The quantitative estimate of drug-likeness (QED) is 0.326. The highest BCUT2D eigenvalue weighted by molar-refractivity contribution is 7.10. The molecule has 1 aliphatic rings. The van der Waals surface area contributed by atoms with E-state index in [1.54, 1.807) is 17.4 Å². The van der Waals surface area contributed by atoms with Gasteiger partial charge in [-0.15, -0.1) is 11.3 Å². The number of carbonyl (C=O) groups is 1. The first-order valence-electron chi connectivity index (χ1n) is 11.0. The number of fused-ring (bicyclic) bond motifs is 2. The predicted octanol–water partition coefficient (Wildman–Crippen LogP) is 6.72. The summed E-state index contributed by atoms with van der Waals surface area (Å²) in [6.07, 6.45) is -1.40. The lowest BCUT2D eigenvalue weighted by atomic mass is 9.94. The highest BCUT2D eigenvalue weighted by Crippen LogP contribution is 2.39. The maximum Gasteiger partial charge on any atom is 0.416 e. The Balaban J connectivity index is 1.54. The van der Waals surface area contributed by atoms with Gasteiger partial charge in [-0.05, 0) is 54.5 Å². The van der Waals surface area contributed by atoms with Crippen LogP contribution in [0.1, 0.15) is 44.9 Å². The SMILES string of the molecule is CCn1cc(C(=O)N2CCc3ccsc3C2Cc2cccc(C(F)(F)F)c2)c2ccccc21. The first-order chi connectivity index (χ1) is 15.9. The molecular weight excluding hydrogens is 445 g/mol. The van der Waals surface area contributed by atoms with Crippen LogP contribution in [-0.2, 0) is 25.6 Å². The maximum atomic E-state index is 13.8. The molecule has 1 atom stereocenters. The van der Waals surface area contributed by atoms with Gasteiger partial charge >= 0.3 is 6.18 Å². The number of aromatic nitrogens is 1. The summed E-state index contributed by atoms with van der Waals surface area (Å²) in [5, 5.41) is 2.90. The van der Waals surface area contributed by atoms with Crippen molar-refractivity contribution in [3.63, 3.8) is 0 Å². The van der Waals surface area contributed by atoms with E-state index in [0.29, 0.717) is 24.1 Å². The second-order valence-electron chi connectivity index (χ2n) is 8.32. The number of carbonyl (C=O) groups excluding carboxylic acids is 1. The minimum atomic E-state index is -4.39. The molecule has 1 aliphatic heterocycles. The fourth-order valence-corrected chi connectivity index (χ4v) is 5.83. The smallest absolute Gasteiger partial charge is 0.347 e. The summed E-state index contributed by atoms with van der Waals surface area (Å²) in [7, 11) is 0. The summed E-state index contributed by atoms with van der Waals surface area (Å²) in [6.45, 7) is 3.32. The average molecular weight is 469 g/mol. The van der Waals surface area contributed by atoms with E-state index in [1.807, 2.05) is 47.7 Å².